The number of aryl methyl sites for hydroxylation is 1. The predicted molar refractivity (Wildman–Crippen MR) is 79.7 cm³/mol. The van der Waals surface area contributed by atoms with Crippen molar-refractivity contribution in [3.63, 3.8) is 0 Å². The number of ether oxygens (including phenoxy) is 1. The number of hydrogen-bond donors (Lipinski definition) is 2. The van der Waals surface area contributed by atoms with Crippen LogP contribution in [-0.2, 0) is 6.61 Å². The first-order chi connectivity index (χ1) is 9.99. The average Bonchev–Trinajstić information content (AvgIpc) is 2.45. The van der Waals surface area contributed by atoms with Gasteiger partial charge in [-0.05, 0) is 19.1 Å². The quantitative estimate of drug-likeness (QED) is 0.481. The Kier molecular flexibility index (Phi) is 4.66. The number of rotatable bonds is 5. The summed E-state index contributed by atoms with van der Waals surface area (Å²) >= 11 is 3.18. The number of nitrogens with zero attached hydrogens (tertiary/aromatic N) is 3. The minimum atomic E-state index is -0.510. The van der Waals surface area contributed by atoms with Crippen molar-refractivity contribution in [1.29, 1.82) is 0 Å². The lowest BCUT2D eigenvalue weighted by Gasteiger charge is -2.08. The minimum absolute atomic E-state index is 0.00116. The van der Waals surface area contributed by atoms with E-state index in [-0.39, 0.29) is 18.0 Å². The molecule has 0 unspecified atom stereocenters. The zero-order valence-corrected chi connectivity index (χ0v) is 12.6. The molecule has 0 fully saturated rings. The van der Waals surface area contributed by atoms with Crippen LogP contribution in [0, 0.1) is 17.0 Å². The summed E-state index contributed by atoms with van der Waals surface area (Å²) in [6, 6.07) is 6.22. The molecule has 0 aliphatic heterocycles. The molecule has 9 heteroatoms. The summed E-state index contributed by atoms with van der Waals surface area (Å²) < 4.78 is 6.04. The average molecular weight is 354 g/mol. The Morgan fingerprint density at radius 1 is 1.43 bits per heavy atom. The highest BCUT2D eigenvalue weighted by Gasteiger charge is 2.16. The molecule has 0 atom stereocenters. The van der Waals surface area contributed by atoms with Gasteiger partial charge in [-0.15, -0.1) is 0 Å². The molecule has 0 bridgehead atoms. The second-order valence-electron chi connectivity index (χ2n) is 4.11. The third-order valence-electron chi connectivity index (χ3n) is 2.52. The number of nitrogens with one attached hydrogen (secondary N) is 1. The summed E-state index contributed by atoms with van der Waals surface area (Å²) in [7, 11) is 0. The maximum Gasteiger partial charge on any atom is 0.312 e. The number of nitrogen functional groups attached to an aromatic ring is 1. The van der Waals surface area contributed by atoms with Gasteiger partial charge in [0.15, 0.2) is 11.6 Å². The first kappa shape index (κ1) is 15.1. The SMILES string of the molecule is Cc1cc(NN)nc(COc2ccc(Br)cc2[N+](=O)[O-])n1. The van der Waals surface area contributed by atoms with E-state index in [1.165, 1.54) is 12.1 Å². The Labute approximate surface area is 128 Å². The van der Waals surface area contributed by atoms with Crippen molar-refractivity contribution in [1.82, 2.24) is 9.97 Å². The zero-order valence-electron chi connectivity index (χ0n) is 11.0. The van der Waals surface area contributed by atoms with Gasteiger partial charge in [-0.1, -0.05) is 15.9 Å². The number of nitro benzene ring substituents is 1. The van der Waals surface area contributed by atoms with Crippen molar-refractivity contribution in [2.24, 2.45) is 5.84 Å². The summed E-state index contributed by atoms with van der Waals surface area (Å²) in [4.78, 5) is 18.8. The van der Waals surface area contributed by atoms with E-state index in [0.29, 0.717) is 21.8 Å². The van der Waals surface area contributed by atoms with E-state index in [2.05, 4.69) is 31.3 Å². The molecule has 0 aliphatic carbocycles. The number of nitro groups is 1. The molecule has 1 heterocycles. The highest BCUT2D eigenvalue weighted by molar-refractivity contribution is 9.10. The lowest BCUT2D eigenvalue weighted by molar-refractivity contribution is -0.386. The maximum absolute atomic E-state index is 11.0. The summed E-state index contributed by atoms with van der Waals surface area (Å²) in [6.45, 7) is 1.78. The molecule has 1 aromatic heterocycles. The Hall–Kier alpha value is -2.26. The van der Waals surface area contributed by atoms with Crippen molar-refractivity contribution in [2.75, 3.05) is 5.43 Å². The summed E-state index contributed by atoms with van der Waals surface area (Å²) in [6.07, 6.45) is 0. The number of nitrogens with two attached hydrogens (primary N) is 1. The molecule has 2 rings (SSSR count). The normalized spacial score (nSPS) is 10.2. The van der Waals surface area contributed by atoms with Crippen LogP contribution < -0.4 is 16.0 Å². The van der Waals surface area contributed by atoms with E-state index in [0.717, 1.165) is 0 Å². The van der Waals surface area contributed by atoms with Crippen LogP contribution in [0.5, 0.6) is 5.75 Å². The molecule has 2 aromatic rings. The smallest absolute Gasteiger partial charge is 0.312 e. The summed E-state index contributed by atoms with van der Waals surface area (Å²) in [5.41, 5.74) is 3.00. The van der Waals surface area contributed by atoms with Gasteiger partial charge in [0.25, 0.3) is 0 Å². The van der Waals surface area contributed by atoms with Gasteiger partial charge in [0, 0.05) is 22.3 Å². The maximum atomic E-state index is 11.0. The molecular weight excluding hydrogens is 342 g/mol. The second kappa shape index (κ2) is 6.46. The van der Waals surface area contributed by atoms with Crippen molar-refractivity contribution in [3.8, 4) is 5.75 Å². The van der Waals surface area contributed by atoms with Crippen LogP contribution >= 0.6 is 15.9 Å². The van der Waals surface area contributed by atoms with Crippen molar-refractivity contribution in [2.45, 2.75) is 13.5 Å². The number of hydrogen-bond acceptors (Lipinski definition) is 7. The molecule has 0 saturated heterocycles. The Morgan fingerprint density at radius 3 is 2.86 bits per heavy atom. The molecule has 1 aromatic carbocycles. The highest BCUT2D eigenvalue weighted by atomic mass is 79.9. The summed E-state index contributed by atoms with van der Waals surface area (Å²) in [5, 5.41) is 11.0. The van der Waals surface area contributed by atoms with E-state index < -0.39 is 4.92 Å². The standard InChI is InChI=1S/C12H12BrN5O3/c1-7-4-11(17-14)16-12(15-7)6-21-10-3-2-8(13)5-9(10)18(19)20/h2-5H,6,14H2,1H3,(H,15,16,17). The molecule has 0 aliphatic rings. The fraction of sp³-hybridized carbons (Fsp3) is 0.167. The van der Waals surface area contributed by atoms with Gasteiger partial charge in [0.2, 0.25) is 0 Å². The van der Waals surface area contributed by atoms with E-state index in [1.54, 1.807) is 19.1 Å². The molecule has 0 amide bonds. The van der Waals surface area contributed by atoms with Gasteiger partial charge in [-0.2, -0.15) is 0 Å². The first-order valence-corrected chi connectivity index (χ1v) is 6.67. The number of benzene rings is 1. The van der Waals surface area contributed by atoms with Crippen LogP contribution in [0.1, 0.15) is 11.5 Å². The zero-order chi connectivity index (χ0) is 15.4. The molecule has 0 radical (unpaired) electrons. The first-order valence-electron chi connectivity index (χ1n) is 5.87. The van der Waals surface area contributed by atoms with Crippen molar-refractivity contribution in [3.05, 3.63) is 50.4 Å². The Bertz CT molecular complexity index is 680. The van der Waals surface area contributed by atoms with E-state index in [4.69, 9.17) is 10.6 Å². The fourth-order valence-electron chi connectivity index (χ4n) is 1.67. The van der Waals surface area contributed by atoms with Gasteiger partial charge < -0.3 is 10.2 Å². The van der Waals surface area contributed by atoms with Crippen LogP contribution in [-0.4, -0.2) is 14.9 Å². The topological polar surface area (TPSA) is 116 Å². The number of anilines is 1. The van der Waals surface area contributed by atoms with Gasteiger partial charge >= 0.3 is 5.69 Å². The van der Waals surface area contributed by atoms with Gasteiger partial charge in [0.05, 0.1) is 4.92 Å². The molecule has 110 valence electrons. The van der Waals surface area contributed by atoms with E-state index >= 15 is 0 Å². The monoisotopic (exact) mass is 353 g/mol. The second-order valence-corrected chi connectivity index (χ2v) is 5.03. The predicted octanol–water partition coefficient (Wildman–Crippen LogP) is 2.32. The molecule has 21 heavy (non-hydrogen) atoms. The lowest BCUT2D eigenvalue weighted by Crippen LogP contribution is -2.12. The van der Waals surface area contributed by atoms with Crippen molar-refractivity contribution >= 4 is 27.4 Å². The van der Waals surface area contributed by atoms with Gasteiger partial charge in [-0.25, -0.2) is 15.8 Å². The van der Waals surface area contributed by atoms with E-state index in [1.807, 2.05) is 0 Å². The van der Waals surface area contributed by atoms with Gasteiger partial charge in [0.1, 0.15) is 12.4 Å². The lowest BCUT2D eigenvalue weighted by atomic mass is 10.3. The molecule has 8 nitrogen and oxygen atoms in total. The van der Waals surface area contributed by atoms with Crippen LogP contribution in [0.2, 0.25) is 0 Å². The number of hydrazine groups is 1. The molecular formula is C12H12BrN5O3. The highest BCUT2D eigenvalue weighted by Crippen LogP contribution is 2.30. The van der Waals surface area contributed by atoms with Gasteiger partial charge in [-0.3, -0.25) is 10.1 Å². The van der Waals surface area contributed by atoms with Crippen LogP contribution in [0.4, 0.5) is 11.5 Å². The third kappa shape index (κ3) is 3.86. The Balaban J connectivity index is 2.20. The number of halogens is 1. The molecule has 0 spiro atoms. The van der Waals surface area contributed by atoms with E-state index in [9.17, 15) is 10.1 Å². The minimum Gasteiger partial charge on any atom is -0.479 e. The largest absolute Gasteiger partial charge is 0.479 e. The third-order valence-corrected chi connectivity index (χ3v) is 3.02. The van der Waals surface area contributed by atoms with Crippen molar-refractivity contribution < 1.29 is 9.66 Å². The Morgan fingerprint density at radius 2 is 2.19 bits per heavy atom. The fourth-order valence-corrected chi connectivity index (χ4v) is 2.02. The number of aromatic nitrogens is 2. The summed E-state index contributed by atoms with van der Waals surface area (Å²) in [5.74, 6) is 6.27. The molecule has 3 N–H and O–H groups in total. The van der Waals surface area contributed by atoms with Crippen LogP contribution in [0.25, 0.3) is 0 Å². The van der Waals surface area contributed by atoms with Crippen LogP contribution in [0.3, 0.4) is 0 Å². The van der Waals surface area contributed by atoms with Crippen LogP contribution in [0.15, 0.2) is 28.7 Å². The molecule has 0 saturated carbocycles.